The number of pyridine rings is 2. The Morgan fingerprint density at radius 1 is 0.491 bits per heavy atom. The van der Waals surface area contributed by atoms with Gasteiger partial charge in [-0.15, -0.1) is 0 Å². The van der Waals surface area contributed by atoms with E-state index in [0.29, 0.717) is 5.82 Å². The largest absolute Gasteiger partial charge is 0.264 e. The first-order valence-corrected chi connectivity index (χ1v) is 18.4. The second-order valence-electron chi connectivity index (χ2n) is 13.6. The average Bonchev–Trinajstić information content (AvgIpc) is 3.26. The molecule has 0 bridgehead atoms. The summed E-state index contributed by atoms with van der Waals surface area (Å²) in [6.45, 7) is 4.61. The fourth-order valence-electron chi connectivity index (χ4n) is 7.30. The zero-order valence-electron chi connectivity index (χ0n) is 30.2. The Bertz CT molecular complexity index is 2910. The lowest BCUT2D eigenvalue weighted by Gasteiger charge is -2.15. The summed E-state index contributed by atoms with van der Waals surface area (Å²) in [5.74, 6) is 0.650. The quantitative estimate of drug-likeness (QED) is 0.173. The summed E-state index contributed by atoms with van der Waals surface area (Å²) in [5, 5.41) is 3.38. The van der Waals surface area contributed by atoms with Crippen LogP contribution in [0.4, 0.5) is 0 Å². The SMILES string of the molecule is C=C1/C=C\C=C/C/C(c2cnc3ccccc3c2)=c2/ccccc2=C1c1cccc(-c2nc(-c3ccccc3)cc(-c3cccc(-c4cccnc4)c3)n2)c1. The zero-order chi connectivity index (χ0) is 37.0. The lowest BCUT2D eigenvalue weighted by molar-refractivity contribution is 1.18. The molecule has 1 aliphatic carbocycles. The van der Waals surface area contributed by atoms with E-state index in [-0.39, 0.29) is 0 Å². The van der Waals surface area contributed by atoms with Crippen LogP contribution in [0.2, 0.25) is 0 Å². The predicted molar refractivity (Wildman–Crippen MR) is 226 cm³/mol. The maximum atomic E-state index is 5.23. The van der Waals surface area contributed by atoms with Gasteiger partial charge in [0.05, 0.1) is 16.9 Å². The molecule has 0 saturated carbocycles. The van der Waals surface area contributed by atoms with Crippen LogP contribution in [-0.4, -0.2) is 19.9 Å². The Balaban J connectivity index is 1.24. The van der Waals surface area contributed by atoms with Crippen molar-refractivity contribution in [3.8, 4) is 45.0 Å². The third-order valence-corrected chi connectivity index (χ3v) is 10.0. The third-order valence-electron chi connectivity index (χ3n) is 10.0. The first-order chi connectivity index (χ1) is 27.2. The molecule has 0 aliphatic heterocycles. The Morgan fingerprint density at radius 3 is 2.04 bits per heavy atom. The van der Waals surface area contributed by atoms with Gasteiger partial charge in [-0.05, 0) is 86.7 Å². The standard InChI is InChI=1S/C51H36N4/c1-35-15-4-2-7-24-44(43-30-38-18-8-11-27-47(38)53-34-43)45-25-9-10-26-46(45)50(35)40-21-13-22-41(31-40)51-54-48(36-16-5-3-6-17-36)32-49(55-51)39-20-12-19-37(29-39)42-23-14-28-52-33-42/h2-23,25-34H,1,24H2/b7-2-,15-4-,45-44+,50-46?. The van der Waals surface area contributed by atoms with E-state index in [2.05, 4.69) is 157 Å². The van der Waals surface area contributed by atoms with Crippen molar-refractivity contribution in [1.29, 1.82) is 0 Å². The molecule has 0 unspecified atom stereocenters. The molecule has 0 radical (unpaired) electrons. The van der Waals surface area contributed by atoms with Crippen LogP contribution >= 0.6 is 0 Å². The van der Waals surface area contributed by atoms with Crippen LogP contribution in [0.3, 0.4) is 0 Å². The lowest BCUT2D eigenvalue weighted by Crippen LogP contribution is -2.30. The molecular weight excluding hydrogens is 669 g/mol. The van der Waals surface area contributed by atoms with E-state index in [1.165, 1.54) is 5.57 Å². The minimum atomic E-state index is 0.650. The summed E-state index contributed by atoms with van der Waals surface area (Å²) >= 11 is 0. The van der Waals surface area contributed by atoms with Crippen molar-refractivity contribution >= 4 is 22.0 Å². The van der Waals surface area contributed by atoms with Crippen LogP contribution in [0.5, 0.6) is 0 Å². The molecule has 0 amide bonds. The number of nitrogens with zero attached hydrogens (tertiary/aromatic N) is 4. The van der Waals surface area contributed by atoms with Crippen LogP contribution in [0, 0.1) is 0 Å². The first kappa shape index (κ1) is 33.5. The van der Waals surface area contributed by atoms with Gasteiger partial charge >= 0.3 is 0 Å². The van der Waals surface area contributed by atoms with E-state index in [9.17, 15) is 0 Å². The van der Waals surface area contributed by atoms with Crippen LogP contribution in [0.25, 0.3) is 67.1 Å². The fourth-order valence-corrected chi connectivity index (χ4v) is 7.30. The molecule has 55 heavy (non-hydrogen) atoms. The van der Waals surface area contributed by atoms with E-state index in [1.807, 2.05) is 42.7 Å². The molecule has 4 heteroatoms. The second-order valence-corrected chi connectivity index (χ2v) is 13.6. The van der Waals surface area contributed by atoms with Crippen molar-refractivity contribution < 1.29 is 0 Å². The molecule has 0 N–H and O–H groups in total. The number of rotatable bonds is 6. The molecule has 1 aliphatic rings. The number of benzene rings is 5. The minimum absolute atomic E-state index is 0.650. The fraction of sp³-hybridized carbons (Fsp3) is 0.0196. The molecule has 8 aromatic rings. The molecule has 260 valence electrons. The molecule has 3 aromatic heterocycles. The highest BCUT2D eigenvalue weighted by Crippen LogP contribution is 2.32. The van der Waals surface area contributed by atoms with Gasteiger partial charge in [0.15, 0.2) is 5.82 Å². The molecule has 5 aromatic carbocycles. The van der Waals surface area contributed by atoms with Crippen LogP contribution in [0.15, 0.2) is 207 Å². The normalized spacial score (nSPS) is 15.0. The Labute approximate surface area is 320 Å². The first-order valence-electron chi connectivity index (χ1n) is 18.4. The highest BCUT2D eigenvalue weighted by Gasteiger charge is 2.15. The molecule has 0 spiro atoms. The van der Waals surface area contributed by atoms with Crippen molar-refractivity contribution in [2.45, 2.75) is 6.42 Å². The van der Waals surface area contributed by atoms with Gasteiger partial charge in [0, 0.05) is 46.2 Å². The van der Waals surface area contributed by atoms with Crippen molar-refractivity contribution in [2.75, 3.05) is 0 Å². The number of aromatic nitrogens is 4. The topological polar surface area (TPSA) is 51.6 Å². The summed E-state index contributed by atoms with van der Waals surface area (Å²) in [7, 11) is 0. The smallest absolute Gasteiger partial charge is 0.160 e. The van der Waals surface area contributed by atoms with Crippen molar-refractivity contribution in [3.05, 3.63) is 228 Å². The van der Waals surface area contributed by atoms with Gasteiger partial charge in [0.25, 0.3) is 0 Å². The molecule has 9 rings (SSSR count). The Morgan fingerprint density at radius 2 is 1.18 bits per heavy atom. The Kier molecular flexibility index (Phi) is 9.13. The summed E-state index contributed by atoms with van der Waals surface area (Å²) in [6.07, 6.45) is 14.9. The molecule has 0 saturated heterocycles. The van der Waals surface area contributed by atoms with Gasteiger partial charge in [-0.3, -0.25) is 9.97 Å². The van der Waals surface area contributed by atoms with Gasteiger partial charge in [0.2, 0.25) is 0 Å². The van der Waals surface area contributed by atoms with Crippen LogP contribution in [0.1, 0.15) is 17.5 Å². The van der Waals surface area contributed by atoms with E-state index < -0.39 is 0 Å². The molecule has 0 atom stereocenters. The van der Waals surface area contributed by atoms with Crippen molar-refractivity contribution in [3.63, 3.8) is 0 Å². The van der Waals surface area contributed by atoms with Gasteiger partial charge in [-0.1, -0.05) is 146 Å². The highest BCUT2D eigenvalue weighted by molar-refractivity contribution is 5.86. The number of hydrogen-bond donors (Lipinski definition) is 0. The van der Waals surface area contributed by atoms with E-state index in [0.717, 1.165) is 89.2 Å². The van der Waals surface area contributed by atoms with Gasteiger partial charge in [0.1, 0.15) is 0 Å². The third kappa shape index (κ3) is 6.97. The van der Waals surface area contributed by atoms with Gasteiger partial charge in [-0.25, -0.2) is 9.97 Å². The number of hydrogen-bond acceptors (Lipinski definition) is 4. The van der Waals surface area contributed by atoms with Crippen LogP contribution in [-0.2, 0) is 0 Å². The summed E-state index contributed by atoms with van der Waals surface area (Å²) in [6, 6.07) is 52.6. The zero-order valence-corrected chi connectivity index (χ0v) is 30.2. The summed E-state index contributed by atoms with van der Waals surface area (Å²) in [5.41, 5.74) is 13.1. The predicted octanol–water partition coefficient (Wildman–Crippen LogP) is 10.6. The monoisotopic (exact) mass is 704 g/mol. The Hall–Kier alpha value is -7.30. The maximum absolute atomic E-state index is 5.23. The average molecular weight is 705 g/mol. The van der Waals surface area contributed by atoms with Crippen LogP contribution < -0.4 is 10.4 Å². The summed E-state index contributed by atoms with van der Waals surface area (Å²) in [4.78, 5) is 19.6. The summed E-state index contributed by atoms with van der Waals surface area (Å²) < 4.78 is 0. The minimum Gasteiger partial charge on any atom is -0.264 e. The number of allylic oxidation sites excluding steroid dienone is 5. The van der Waals surface area contributed by atoms with Crippen molar-refractivity contribution in [2.24, 2.45) is 0 Å². The molecule has 4 nitrogen and oxygen atoms in total. The van der Waals surface area contributed by atoms with E-state index in [1.54, 1.807) is 6.20 Å². The van der Waals surface area contributed by atoms with Gasteiger partial charge < -0.3 is 0 Å². The number of fused-ring (bicyclic) bond motifs is 2. The maximum Gasteiger partial charge on any atom is 0.160 e. The van der Waals surface area contributed by atoms with Crippen molar-refractivity contribution in [1.82, 2.24) is 19.9 Å². The van der Waals surface area contributed by atoms with Gasteiger partial charge in [-0.2, -0.15) is 0 Å². The molecule has 3 heterocycles. The molecule has 0 fully saturated rings. The van der Waals surface area contributed by atoms with E-state index in [4.69, 9.17) is 15.0 Å². The second kappa shape index (κ2) is 15.0. The molecular formula is C51H36N4. The van der Waals surface area contributed by atoms with E-state index >= 15 is 0 Å². The highest BCUT2D eigenvalue weighted by atomic mass is 14.9. The number of para-hydroxylation sites is 1. The lowest BCUT2D eigenvalue weighted by atomic mass is 9.91.